The second-order valence-electron chi connectivity index (χ2n) is 4.31. The second kappa shape index (κ2) is 7.42. The number of halogens is 7. The van der Waals surface area contributed by atoms with Crippen LogP contribution in [0.3, 0.4) is 0 Å². The Bertz CT molecular complexity index is 814. The van der Waals surface area contributed by atoms with Crippen molar-refractivity contribution >= 4 is 92.8 Å². The molecule has 24 heavy (non-hydrogen) atoms. The van der Waals surface area contributed by atoms with Gasteiger partial charge in [0.05, 0.1) is 30.1 Å². The molecular weight excluding hydrogens is 466 g/mol. The maximum Gasteiger partial charge on any atom is 0.261 e. The minimum atomic E-state index is -0.964. The van der Waals surface area contributed by atoms with Crippen molar-refractivity contribution in [1.82, 2.24) is 0 Å². The zero-order valence-corrected chi connectivity index (χ0v) is 16.3. The lowest BCUT2D eigenvalue weighted by atomic mass is 10.1. The number of phenolic OH excluding ortho intramolecular Hbond substituents is 2. The van der Waals surface area contributed by atoms with Gasteiger partial charge in [0.15, 0.2) is 5.75 Å². The molecule has 0 aliphatic rings. The molecule has 0 atom stereocenters. The van der Waals surface area contributed by atoms with E-state index in [9.17, 15) is 15.0 Å². The predicted octanol–water partition coefficient (Wildman–Crippen LogP) is 6.92. The van der Waals surface area contributed by atoms with Crippen LogP contribution in [0.25, 0.3) is 0 Å². The first-order valence-electron chi connectivity index (χ1n) is 5.80. The van der Waals surface area contributed by atoms with E-state index in [1.807, 2.05) is 0 Å². The number of benzene rings is 2. The number of hydrogen-bond acceptors (Lipinski definition) is 3. The van der Waals surface area contributed by atoms with Crippen molar-refractivity contribution in [2.24, 2.45) is 0 Å². The number of carbonyl (C=O) groups excluding carboxylic acids is 1. The Labute approximate surface area is 170 Å². The highest BCUT2D eigenvalue weighted by atomic mass is 35.5. The van der Waals surface area contributed by atoms with E-state index in [0.29, 0.717) is 0 Å². The molecule has 0 saturated heterocycles. The smallest absolute Gasteiger partial charge is 0.261 e. The van der Waals surface area contributed by atoms with Crippen LogP contribution in [-0.4, -0.2) is 16.1 Å². The van der Waals surface area contributed by atoms with Crippen LogP contribution < -0.4 is 5.32 Å². The van der Waals surface area contributed by atoms with E-state index in [-0.39, 0.29) is 40.8 Å². The fourth-order valence-electron chi connectivity index (χ4n) is 1.70. The van der Waals surface area contributed by atoms with Crippen LogP contribution in [0.15, 0.2) is 6.07 Å². The van der Waals surface area contributed by atoms with Gasteiger partial charge in [0.1, 0.15) is 22.0 Å². The van der Waals surface area contributed by atoms with Gasteiger partial charge in [-0.15, -0.1) is 0 Å². The number of rotatable bonds is 2. The van der Waals surface area contributed by atoms with Gasteiger partial charge >= 0.3 is 0 Å². The SMILES string of the molecule is O=C(Nc1c(O)c(Cl)c(Cl)c(Cl)c1Cl)c1c(O)c(Cl)cc(Cl)c1Cl. The molecule has 4 nitrogen and oxygen atoms in total. The van der Waals surface area contributed by atoms with Crippen molar-refractivity contribution in [3.8, 4) is 11.5 Å². The van der Waals surface area contributed by atoms with Crippen LogP contribution in [0.2, 0.25) is 35.2 Å². The summed E-state index contributed by atoms with van der Waals surface area (Å²) in [5.41, 5.74) is -0.751. The maximum atomic E-state index is 12.4. The van der Waals surface area contributed by atoms with Crippen molar-refractivity contribution < 1.29 is 15.0 Å². The summed E-state index contributed by atoms with van der Waals surface area (Å²) < 4.78 is 0. The Balaban J connectivity index is 2.57. The number of phenols is 2. The van der Waals surface area contributed by atoms with Crippen molar-refractivity contribution in [3.05, 3.63) is 46.8 Å². The topological polar surface area (TPSA) is 69.6 Å². The first kappa shape index (κ1) is 19.9. The fourth-order valence-corrected chi connectivity index (χ4v) is 3.29. The van der Waals surface area contributed by atoms with Crippen molar-refractivity contribution in [2.75, 3.05) is 5.32 Å². The Kier molecular flexibility index (Phi) is 6.14. The first-order chi connectivity index (χ1) is 11.1. The third-order valence-electron chi connectivity index (χ3n) is 2.85. The molecule has 0 spiro atoms. The summed E-state index contributed by atoms with van der Waals surface area (Å²) in [5.74, 6) is -2.19. The van der Waals surface area contributed by atoms with Crippen LogP contribution in [0.4, 0.5) is 5.69 Å². The highest BCUT2D eigenvalue weighted by Crippen LogP contribution is 2.48. The second-order valence-corrected chi connectivity index (χ2v) is 7.02. The van der Waals surface area contributed by atoms with Gasteiger partial charge in [-0.25, -0.2) is 0 Å². The number of carbonyl (C=O) groups is 1. The molecule has 2 aromatic rings. The minimum absolute atomic E-state index is 0.0629. The van der Waals surface area contributed by atoms with Crippen LogP contribution in [0, 0.1) is 0 Å². The quantitative estimate of drug-likeness (QED) is 0.253. The third kappa shape index (κ3) is 3.42. The largest absolute Gasteiger partial charge is 0.505 e. The lowest BCUT2D eigenvalue weighted by molar-refractivity contribution is 0.102. The monoisotopic (exact) mass is 467 g/mol. The van der Waals surface area contributed by atoms with Gasteiger partial charge in [0, 0.05) is 0 Å². The summed E-state index contributed by atoms with van der Waals surface area (Å²) in [6, 6.07) is 1.16. The molecule has 0 radical (unpaired) electrons. The molecule has 2 aromatic carbocycles. The lowest BCUT2D eigenvalue weighted by Crippen LogP contribution is -2.14. The van der Waals surface area contributed by atoms with Gasteiger partial charge < -0.3 is 15.5 Å². The molecule has 0 heterocycles. The van der Waals surface area contributed by atoms with Crippen LogP contribution >= 0.6 is 81.2 Å². The summed E-state index contributed by atoms with van der Waals surface area (Å²) >= 11 is 40.9. The van der Waals surface area contributed by atoms with Gasteiger partial charge in [0.2, 0.25) is 0 Å². The molecule has 128 valence electrons. The Morgan fingerprint density at radius 2 is 1.29 bits per heavy atom. The van der Waals surface area contributed by atoms with Crippen molar-refractivity contribution in [1.29, 1.82) is 0 Å². The third-order valence-corrected chi connectivity index (χ3v) is 5.72. The van der Waals surface area contributed by atoms with Crippen molar-refractivity contribution in [3.63, 3.8) is 0 Å². The van der Waals surface area contributed by atoms with Crippen LogP contribution in [0.1, 0.15) is 10.4 Å². The number of aromatic hydroxyl groups is 2. The van der Waals surface area contributed by atoms with Gasteiger partial charge in [-0.1, -0.05) is 81.2 Å². The molecule has 11 heteroatoms. The highest BCUT2D eigenvalue weighted by Gasteiger charge is 2.26. The average molecular weight is 470 g/mol. The number of anilines is 1. The van der Waals surface area contributed by atoms with E-state index >= 15 is 0 Å². The summed E-state index contributed by atoms with van der Waals surface area (Å²) in [5, 5.41) is 20.7. The summed E-state index contributed by atoms with van der Waals surface area (Å²) in [7, 11) is 0. The average Bonchev–Trinajstić information content (AvgIpc) is 2.53. The van der Waals surface area contributed by atoms with E-state index in [0.717, 1.165) is 6.07 Å². The predicted molar refractivity (Wildman–Crippen MR) is 99.2 cm³/mol. The van der Waals surface area contributed by atoms with E-state index in [1.165, 1.54) is 0 Å². The number of hydrogen-bond donors (Lipinski definition) is 3. The molecule has 0 bridgehead atoms. The van der Waals surface area contributed by atoms with E-state index in [4.69, 9.17) is 81.2 Å². The maximum absolute atomic E-state index is 12.4. The zero-order chi connectivity index (χ0) is 18.3. The van der Waals surface area contributed by atoms with E-state index in [1.54, 1.807) is 0 Å². The molecule has 0 aliphatic carbocycles. The Morgan fingerprint density at radius 3 is 1.88 bits per heavy atom. The molecule has 0 aliphatic heterocycles. The van der Waals surface area contributed by atoms with Gasteiger partial charge in [-0.3, -0.25) is 4.79 Å². The number of nitrogens with one attached hydrogen (secondary N) is 1. The van der Waals surface area contributed by atoms with Gasteiger partial charge in [-0.2, -0.15) is 0 Å². The standard InChI is InChI=1S/C13H4Cl7NO3/c14-2-1-3(15)11(22)4(5(2)16)13(24)21-10-8(19)6(17)7(18)9(20)12(10)23/h1,22-23H,(H,21,24). The van der Waals surface area contributed by atoms with E-state index < -0.39 is 23.0 Å². The molecule has 0 fully saturated rings. The highest BCUT2D eigenvalue weighted by molar-refractivity contribution is 6.54. The van der Waals surface area contributed by atoms with Crippen molar-refractivity contribution in [2.45, 2.75) is 0 Å². The number of amides is 1. The summed E-state index contributed by atoms with van der Waals surface area (Å²) in [6.07, 6.45) is 0. The molecule has 0 unspecified atom stereocenters. The van der Waals surface area contributed by atoms with Crippen LogP contribution in [-0.2, 0) is 0 Å². The lowest BCUT2D eigenvalue weighted by Gasteiger charge is -2.15. The van der Waals surface area contributed by atoms with Gasteiger partial charge in [0.25, 0.3) is 5.91 Å². The summed E-state index contributed by atoms with van der Waals surface area (Å²) in [6.45, 7) is 0. The summed E-state index contributed by atoms with van der Waals surface area (Å²) in [4.78, 5) is 12.4. The Morgan fingerprint density at radius 1 is 0.750 bits per heavy atom. The fraction of sp³-hybridized carbons (Fsp3) is 0. The molecule has 1 amide bonds. The molecule has 3 N–H and O–H groups in total. The van der Waals surface area contributed by atoms with Gasteiger partial charge in [-0.05, 0) is 6.07 Å². The molecular formula is C13H4Cl7NO3. The molecule has 0 aromatic heterocycles. The molecule has 0 saturated carbocycles. The van der Waals surface area contributed by atoms with E-state index in [2.05, 4.69) is 5.32 Å². The molecule has 2 rings (SSSR count). The Hall–Kier alpha value is -0.460. The van der Waals surface area contributed by atoms with Crippen LogP contribution in [0.5, 0.6) is 11.5 Å². The minimum Gasteiger partial charge on any atom is -0.505 e. The normalized spacial score (nSPS) is 10.8. The first-order valence-corrected chi connectivity index (χ1v) is 8.45. The zero-order valence-electron chi connectivity index (χ0n) is 11.0.